The minimum Gasteiger partial charge on any atom is -0.385 e. The molecule has 2 nitrogen and oxygen atoms in total. The lowest BCUT2D eigenvalue weighted by atomic mass is 10.0. The van der Waals surface area contributed by atoms with E-state index in [-0.39, 0.29) is 5.54 Å². The van der Waals surface area contributed by atoms with Crippen LogP contribution in [0.4, 0.5) is 0 Å². The van der Waals surface area contributed by atoms with Crippen molar-refractivity contribution in [2.45, 2.75) is 38.8 Å². The van der Waals surface area contributed by atoms with Crippen LogP contribution in [0.1, 0.15) is 27.2 Å². The number of halogens is 1. The lowest BCUT2D eigenvalue weighted by Gasteiger charge is -2.38. The van der Waals surface area contributed by atoms with E-state index in [4.69, 9.17) is 16.3 Å². The van der Waals surface area contributed by atoms with E-state index in [1.54, 1.807) is 7.11 Å². The van der Waals surface area contributed by atoms with Crippen LogP contribution in [-0.2, 0) is 4.74 Å². The van der Waals surface area contributed by atoms with Gasteiger partial charge in [-0.3, -0.25) is 4.90 Å². The van der Waals surface area contributed by atoms with Gasteiger partial charge in [-0.15, -0.1) is 11.6 Å². The fraction of sp³-hybridized carbons (Fsp3) is 1.00. The maximum Gasteiger partial charge on any atom is 0.0477 e. The summed E-state index contributed by atoms with van der Waals surface area (Å²) in [6, 6.07) is 0.508. The molecule has 0 bridgehead atoms. The second-order valence-corrected chi connectivity index (χ2v) is 4.45. The average Bonchev–Trinajstić information content (AvgIpc) is 2.12. The fourth-order valence-corrected chi connectivity index (χ4v) is 1.36. The summed E-state index contributed by atoms with van der Waals surface area (Å²) in [5, 5.41) is 0. The molecule has 1 unspecified atom stereocenters. The van der Waals surface area contributed by atoms with Gasteiger partial charge in [-0.2, -0.15) is 0 Å². The Balaban J connectivity index is 4.00. The Bertz CT molecular complexity index is 139. The average molecular weight is 208 g/mol. The zero-order valence-corrected chi connectivity index (χ0v) is 10.2. The first-order chi connectivity index (χ1) is 5.95. The first-order valence-corrected chi connectivity index (χ1v) is 5.27. The first-order valence-electron chi connectivity index (χ1n) is 4.73. The van der Waals surface area contributed by atoms with Gasteiger partial charge in [-0.25, -0.2) is 0 Å². The van der Waals surface area contributed by atoms with Crippen LogP contribution >= 0.6 is 11.6 Å². The van der Waals surface area contributed by atoms with E-state index >= 15 is 0 Å². The molecule has 80 valence electrons. The smallest absolute Gasteiger partial charge is 0.0477 e. The van der Waals surface area contributed by atoms with Gasteiger partial charge < -0.3 is 4.74 Å². The molecule has 3 heteroatoms. The van der Waals surface area contributed by atoms with Gasteiger partial charge in [0.1, 0.15) is 0 Å². The highest BCUT2D eigenvalue weighted by molar-refractivity contribution is 6.18. The largest absolute Gasteiger partial charge is 0.385 e. The van der Waals surface area contributed by atoms with Gasteiger partial charge in [0.25, 0.3) is 0 Å². The summed E-state index contributed by atoms with van der Waals surface area (Å²) in [7, 11) is 3.85. The molecule has 0 heterocycles. The second-order valence-electron chi connectivity index (χ2n) is 4.19. The summed E-state index contributed by atoms with van der Waals surface area (Å²) in [5.74, 6) is 0.654. The first kappa shape index (κ1) is 13.2. The molecule has 0 N–H and O–H groups in total. The van der Waals surface area contributed by atoms with Gasteiger partial charge in [0.15, 0.2) is 0 Å². The third-order valence-electron chi connectivity index (χ3n) is 2.68. The fourth-order valence-electron chi connectivity index (χ4n) is 1.17. The van der Waals surface area contributed by atoms with Crippen molar-refractivity contribution in [3.8, 4) is 0 Å². The van der Waals surface area contributed by atoms with Crippen molar-refractivity contribution >= 4 is 11.6 Å². The van der Waals surface area contributed by atoms with E-state index in [0.717, 1.165) is 13.0 Å². The molecule has 0 aromatic heterocycles. The minimum atomic E-state index is 0.0642. The number of nitrogens with zero attached hydrogens (tertiary/aromatic N) is 1. The van der Waals surface area contributed by atoms with Crippen LogP contribution in [0.15, 0.2) is 0 Å². The lowest BCUT2D eigenvalue weighted by molar-refractivity contribution is 0.0960. The number of hydrogen-bond donors (Lipinski definition) is 0. The molecule has 13 heavy (non-hydrogen) atoms. The van der Waals surface area contributed by atoms with E-state index < -0.39 is 0 Å². The molecule has 0 saturated heterocycles. The molecule has 0 aliphatic carbocycles. The monoisotopic (exact) mass is 207 g/mol. The molecule has 0 aromatic rings. The standard InChI is InChI=1S/C10H22ClNO/c1-9(6-7-13-5)12(4)10(2,3)8-11/h9H,6-8H2,1-5H3. The van der Waals surface area contributed by atoms with Crippen molar-refractivity contribution in [3.63, 3.8) is 0 Å². The number of rotatable bonds is 6. The second kappa shape index (κ2) is 5.84. The quantitative estimate of drug-likeness (QED) is 0.621. The molecule has 0 spiro atoms. The van der Waals surface area contributed by atoms with Crippen molar-refractivity contribution < 1.29 is 4.74 Å². The number of methoxy groups -OCH3 is 1. The van der Waals surface area contributed by atoms with Crippen LogP contribution in [0.25, 0.3) is 0 Å². The Morgan fingerprint density at radius 3 is 2.38 bits per heavy atom. The van der Waals surface area contributed by atoms with Crippen LogP contribution in [0.2, 0.25) is 0 Å². The third-order valence-corrected chi connectivity index (χ3v) is 3.34. The zero-order chi connectivity index (χ0) is 10.5. The molecular weight excluding hydrogens is 186 g/mol. The molecule has 0 aromatic carbocycles. The highest BCUT2D eigenvalue weighted by atomic mass is 35.5. The molecule has 0 amide bonds. The number of hydrogen-bond acceptors (Lipinski definition) is 2. The summed E-state index contributed by atoms with van der Waals surface area (Å²) >= 11 is 5.89. The molecular formula is C10H22ClNO. The Hall–Kier alpha value is 0.210. The maximum atomic E-state index is 5.89. The van der Waals surface area contributed by atoms with E-state index in [0.29, 0.717) is 11.9 Å². The van der Waals surface area contributed by atoms with Crippen molar-refractivity contribution in [2.24, 2.45) is 0 Å². The lowest BCUT2D eigenvalue weighted by Crippen LogP contribution is -2.47. The predicted molar refractivity (Wildman–Crippen MR) is 58.5 cm³/mol. The number of alkyl halides is 1. The van der Waals surface area contributed by atoms with Crippen molar-refractivity contribution in [2.75, 3.05) is 26.6 Å². The van der Waals surface area contributed by atoms with E-state index in [2.05, 4.69) is 32.7 Å². The van der Waals surface area contributed by atoms with Crippen LogP contribution in [0, 0.1) is 0 Å². The van der Waals surface area contributed by atoms with Crippen LogP contribution in [0.5, 0.6) is 0 Å². The summed E-state index contributed by atoms with van der Waals surface area (Å²) in [5.41, 5.74) is 0.0642. The Labute approximate surface area is 87.2 Å². The highest BCUT2D eigenvalue weighted by Crippen LogP contribution is 2.18. The minimum absolute atomic E-state index is 0.0642. The molecule has 0 aliphatic rings. The van der Waals surface area contributed by atoms with Gasteiger partial charge in [0.05, 0.1) is 0 Å². The van der Waals surface area contributed by atoms with Gasteiger partial charge in [0.2, 0.25) is 0 Å². The van der Waals surface area contributed by atoms with Gasteiger partial charge in [0, 0.05) is 31.2 Å². The van der Waals surface area contributed by atoms with Crippen LogP contribution in [-0.4, -0.2) is 43.1 Å². The third kappa shape index (κ3) is 4.30. The summed E-state index contributed by atoms with van der Waals surface area (Å²) in [4.78, 5) is 2.30. The zero-order valence-electron chi connectivity index (χ0n) is 9.43. The SMILES string of the molecule is COCCC(C)N(C)C(C)(C)CCl. The predicted octanol–water partition coefficient (Wildman–Crippen LogP) is 2.36. The van der Waals surface area contributed by atoms with E-state index in [1.165, 1.54) is 0 Å². The van der Waals surface area contributed by atoms with Gasteiger partial charge in [-0.05, 0) is 34.2 Å². The van der Waals surface area contributed by atoms with E-state index in [9.17, 15) is 0 Å². The Morgan fingerprint density at radius 1 is 1.46 bits per heavy atom. The molecule has 1 atom stereocenters. The summed E-state index contributed by atoms with van der Waals surface area (Å²) < 4.78 is 5.05. The highest BCUT2D eigenvalue weighted by Gasteiger charge is 2.25. The molecule has 0 saturated carbocycles. The van der Waals surface area contributed by atoms with Crippen molar-refractivity contribution in [1.82, 2.24) is 4.90 Å². The van der Waals surface area contributed by atoms with Crippen LogP contribution < -0.4 is 0 Å². The Morgan fingerprint density at radius 2 is 2.00 bits per heavy atom. The van der Waals surface area contributed by atoms with Crippen molar-refractivity contribution in [3.05, 3.63) is 0 Å². The van der Waals surface area contributed by atoms with Gasteiger partial charge in [-0.1, -0.05) is 0 Å². The molecule has 0 fully saturated rings. The summed E-state index contributed by atoms with van der Waals surface area (Å²) in [6.07, 6.45) is 1.05. The van der Waals surface area contributed by atoms with Crippen molar-refractivity contribution in [1.29, 1.82) is 0 Å². The molecule has 0 rings (SSSR count). The summed E-state index contributed by atoms with van der Waals surface area (Å²) in [6.45, 7) is 7.32. The topological polar surface area (TPSA) is 12.5 Å². The van der Waals surface area contributed by atoms with Gasteiger partial charge >= 0.3 is 0 Å². The Kier molecular flexibility index (Phi) is 5.93. The molecule has 0 radical (unpaired) electrons. The normalized spacial score (nSPS) is 15.0. The molecule has 0 aliphatic heterocycles. The number of ether oxygens (including phenoxy) is 1. The maximum absolute atomic E-state index is 5.89. The van der Waals surface area contributed by atoms with Crippen LogP contribution in [0.3, 0.4) is 0 Å². The van der Waals surface area contributed by atoms with E-state index in [1.807, 2.05) is 0 Å².